The second-order valence-electron chi connectivity index (χ2n) is 6.07. The SMILES string of the molecule is Cc1ccc(-c2ccc(C(=O)N3CCOC(C(N)=O)C3)c(F)c2)cc1. The van der Waals surface area contributed by atoms with Crippen molar-refractivity contribution >= 4 is 11.8 Å². The molecular weight excluding hydrogens is 323 g/mol. The molecule has 1 atom stereocenters. The van der Waals surface area contributed by atoms with E-state index in [1.54, 1.807) is 6.07 Å². The third-order valence-corrected chi connectivity index (χ3v) is 4.26. The Labute approximate surface area is 145 Å². The van der Waals surface area contributed by atoms with Crippen LogP contribution in [0.25, 0.3) is 11.1 Å². The zero-order chi connectivity index (χ0) is 18.0. The number of carbonyl (C=O) groups excluding carboxylic acids is 2. The van der Waals surface area contributed by atoms with Gasteiger partial charge in [0.2, 0.25) is 5.91 Å². The van der Waals surface area contributed by atoms with Gasteiger partial charge >= 0.3 is 0 Å². The van der Waals surface area contributed by atoms with Crippen molar-refractivity contribution in [1.29, 1.82) is 0 Å². The van der Waals surface area contributed by atoms with Crippen LogP contribution in [0.2, 0.25) is 0 Å². The van der Waals surface area contributed by atoms with Crippen LogP contribution < -0.4 is 5.73 Å². The summed E-state index contributed by atoms with van der Waals surface area (Å²) in [6.45, 7) is 2.51. The summed E-state index contributed by atoms with van der Waals surface area (Å²) >= 11 is 0. The number of halogens is 1. The summed E-state index contributed by atoms with van der Waals surface area (Å²) in [6, 6.07) is 12.3. The Morgan fingerprint density at radius 2 is 1.84 bits per heavy atom. The maximum absolute atomic E-state index is 14.5. The van der Waals surface area contributed by atoms with Crippen LogP contribution in [0.3, 0.4) is 0 Å². The number of carbonyl (C=O) groups is 2. The average molecular weight is 342 g/mol. The van der Waals surface area contributed by atoms with Crippen LogP contribution in [0, 0.1) is 12.7 Å². The highest BCUT2D eigenvalue weighted by molar-refractivity contribution is 5.95. The number of benzene rings is 2. The number of hydrogen-bond donors (Lipinski definition) is 1. The fraction of sp³-hybridized carbons (Fsp3) is 0.263. The van der Waals surface area contributed by atoms with E-state index < -0.39 is 23.7 Å². The average Bonchev–Trinajstić information content (AvgIpc) is 2.62. The molecule has 0 bridgehead atoms. The first-order valence-corrected chi connectivity index (χ1v) is 8.02. The third kappa shape index (κ3) is 3.69. The van der Waals surface area contributed by atoms with Gasteiger partial charge in [0.15, 0.2) is 6.10 Å². The van der Waals surface area contributed by atoms with Crippen molar-refractivity contribution in [3.63, 3.8) is 0 Å². The predicted molar refractivity (Wildman–Crippen MR) is 91.4 cm³/mol. The molecule has 2 N–H and O–H groups in total. The Morgan fingerprint density at radius 3 is 2.48 bits per heavy atom. The molecule has 1 aliphatic heterocycles. The number of ether oxygens (including phenoxy) is 1. The summed E-state index contributed by atoms with van der Waals surface area (Å²) < 4.78 is 19.7. The third-order valence-electron chi connectivity index (χ3n) is 4.26. The van der Waals surface area contributed by atoms with Gasteiger partial charge in [0.05, 0.1) is 18.7 Å². The molecule has 6 heteroatoms. The highest BCUT2D eigenvalue weighted by Crippen LogP contribution is 2.23. The second kappa shape index (κ2) is 7.03. The van der Waals surface area contributed by atoms with Crippen molar-refractivity contribution in [3.8, 4) is 11.1 Å². The quantitative estimate of drug-likeness (QED) is 0.929. The molecule has 1 fully saturated rings. The van der Waals surface area contributed by atoms with Crippen LogP contribution in [0.4, 0.5) is 4.39 Å². The van der Waals surface area contributed by atoms with Crippen LogP contribution in [-0.2, 0) is 9.53 Å². The topological polar surface area (TPSA) is 72.6 Å². The molecule has 0 spiro atoms. The number of hydrogen-bond acceptors (Lipinski definition) is 3. The number of aryl methyl sites for hydroxylation is 1. The van der Waals surface area contributed by atoms with Crippen LogP contribution >= 0.6 is 0 Å². The minimum Gasteiger partial charge on any atom is -0.367 e. The molecule has 1 aliphatic rings. The first-order chi connectivity index (χ1) is 12.0. The van der Waals surface area contributed by atoms with Crippen molar-refractivity contribution in [1.82, 2.24) is 4.90 Å². The van der Waals surface area contributed by atoms with E-state index in [0.29, 0.717) is 12.1 Å². The molecular formula is C19H19FN2O3. The molecule has 2 aromatic carbocycles. The molecule has 5 nitrogen and oxygen atoms in total. The summed E-state index contributed by atoms with van der Waals surface area (Å²) in [5, 5.41) is 0. The smallest absolute Gasteiger partial charge is 0.257 e. The maximum atomic E-state index is 14.5. The van der Waals surface area contributed by atoms with Gasteiger partial charge in [0, 0.05) is 6.54 Å². The van der Waals surface area contributed by atoms with E-state index in [9.17, 15) is 14.0 Å². The zero-order valence-corrected chi connectivity index (χ0v) is 13.9. The number of amides is 2. The van der Waals surface area contributed by atoms with E-state index in [2.05, 4.69) is 0 Å². The van der Waals surface area contributed by atoms with Crippen molar-refractivity contribution < 1.29 is 18.7 Å². The summed E-state index contributed by atoms with van der Waals surface area (Å²) in [5.41, 5.74) is 7.89. The van der Waals surface area contributed by atoms with Crippen LogP contribution in [-0.4, -0.2) is 42.5 Å². The lowest BCUT2D eigenvalue weighted by Gasteiger charge is -2.31. The van der Waals surface area contributed by atoms with Crippen molar-refractivity contribution in [2.24, 2.45) is 5.73 Å². The Hall–Kier alpha value is -2.73. The lowest BCUT2D eigenvalue weighted by Crippen LogP contribution is -2.50. The lowest BCUT2D eigenvalue weighted by atomic mass is 10.0. The van der Waals surface area contributed by atoms with Gasteiger partial charge in [-0.25, -0.2) is 4.39 Å². The molecule has 0 aromatic heterocycles. The molecule has 2 aromatic rings. The van der Waals surface area contributed by atoms with Gasteiger partial charge in [0.25, 0.3) is 5.91 Å². The monoisotopic (exact) mass is 342 g/mol. The Bertz CT molecular complexity index is 805. The highest BCUT2D eigenvalue weighted by atomic mass is 19.1. The van der Waals surface area contributed by atoms with Crippen LogP contribution in [0.5, 0.6) is 0 Å². The van der Waals surface area contributed by atoms with E-state index >= 15 is 0 Å². The van der Waals surface area contributed by atoms with Crippen LogP contribution in [0.15, 0.2) is 42.5 Å². The maximum Gasteiger partial charge on any atom is 0.257 e. The fourth-order valence-electron chi connectivity index (χ4n) is 2.79. The minimum absolute atomic E-state index is 0.0269. The summed E-state index contributed by atoms with van der Waals surface area (Å²) in [5.74, 6) is -1.69. The second-order valence-corrected chi connectivity index (χ2v) is 6.07. The van der Waals surface area contributed by atoms with Gasteiger partial charge < -0.3 is 15.4 Å². The van der Waals surface area contributed by atoms with E-state index in [1.807, 2.05) is 31.2 Å². The summed E-state index contributed by atoms with van der Waals surface area (Å²) in [6.07, 6.45) is -0.854. The standard InChI is InChI=1S/C19H19FN2O3/c1-12-2-4-13(5-3-12)14-6-7-15(16(20)10-14)19(24)22-8-9-25-17(11-22)18(21)23/h2-7,10,17H,8-9,11H2,1H3,(H2,21,23). The number of morpholine rings is 1. The summed E-state index contributed by atoms with van der Waals surface area (Å²) in [4.78, 5) is 25.2. The number of primary amides is 1. The van der Waals surface area contributed by atoms with E-state index in [1.165, 1.54) is 17.0 Å². The summed E-state index contributed by atoms with van der Waals surface area (Å²) in [7, 11) is 0. The zero-order valence-electron chi connectivity index (χ0n) is 13.9. The van der Waals surface area contributed by atoms with Crippen molar-refractivity contribution in [2.45, 2.75) is 13.0 Å². The molecule has 2 amide bonds. The lowest BCUT2D eigenvalue weighted by molar-refractivity contribution is -0.133. The molecule has 3 rings (SSSR count). The first-order valence-electron chi connectivity index (χ1n) is 8.02. The first kappa shape index (κ1) is 17.1. The van der Waals surface area contributed by atoms with Gasteiger partial charge in [-0.15, -0.1) is 0 Å². The van der Waals surface area contributed by atoms with Gasteiger partial charge in [-0.1, -0.05) is 35.9 Å². The molecule has 0 radical (unpaired) electrons. The molecule has 1 heterocycles. The van der Waals surface area contributed by atoms with E-state index in [4.69, 9.17) is 10.5 Å². The van der Waals surface area contributed by atoms with Crippen LogP contribution in [0.1, 0.15) is 15.9 Å². The van der Waals surface area contributed by atoms with Gasteiger partial charge in [-0.2, -0.15) is 0 Å². The number of nitrogens with two attached hydrogens (primary N) is 1. The minimum atomic E-state index is -0.854. The molecule has 0 aliphatic carbocycles. The number of rotatable bonds is 3. The predicted octanol–water partition coefficient (Wildman–Crippen LogP) is 2.13. The van der Waals surface area contributed by atoms with E-state index in [0.717, 1.165) is 11.1 Å². The molecule has 1 unspecified atom stereocenters. The highest BCUT2D eigenvalue weighted by Gasteiger charge is 2.29. The molecule has 25 heavy (non-hydrogen) atoms. The normalized spacial score (nSPS) is 17.4. The molecule has 0 saturated carbocycles. The molecule has 130 valence electrons. The largest absolute Gasteiger partial charge is 0.367 e. The Morgan fingerprint density at radius 1 is 1.16 bits per heavy atom. The Balaban J connectivity index is 1.81. The van der Waals surface area contributed by atoms with E-state index in [-0.39, 0.29) is 18.7 Å². The van der Waals surface area contributed by atoms with Crippen molar-refractivity contribution in [2.75, 3.05) is 19.7 Å². The van der Waals surface area contributed by atoms with Gasteiger partial charge in [-0.05, 0) is 30.2 Å². The van der Waals surface area contributed by atoms with Gasteiger partial charge in [0.1, 0.15) is 5.82 Å². The molecule has 1 saturated heterocycles. The fourth-order valence-corrected chi connectivity index (χ4v) is 2.79. The van der Waals surface area contributed by atoms with Crippen molar-refractivity contribution in [3.05, 3.63) is 59.4 Å². The van der Waals surface area contributed by atoms with Gasteiger partial charge in [-0.3, -0.25) is 9.59 Å². The Kier molecular flexibility index (Phi) is 4.81. The number of nitrogens with zero attached hydrogens (tertiary/aromatic N) is 1.